The van der Waals surface area contributed by atoms with Gasteiger partial charge in [-0.2, -0.15) is 9.97 Å². The number of hydrogen-bond acceptors (Lipinski definition) is 8. The molecule has 8 rings (SSSR count). The van der Waals surface area contributed by atoms with Gasteiger partial charge in [-0.15, -0.1) is 0 Å². The van der Waals surface area contributed by atoms with Crippen LogP contribution in [0.3, 0.4) is 0 Å². The van der Waals surface area contributed by atoms with Gasteiger partial charge < -0.3 is 19.5 Å². The fourth-order valence-electron chi connectivity index (χ4n) is 8.17. The third-order valence-electron chi connectivity index (χ3n) is 10.2. The molecule has 45 heavy (non-hydrogen) atoms. The van der Waals surface area contributed by atoms with Crippen molar-refractivity contribution in [1.29, 1.82) is 0 Å². The minimum Gasteiger partial charge on any atom is -0.508 e. The molecule has 8 nitrogen and oxygen atoms in total. The van der Waals surface area contributed by atoms with Crippen molar-refractivity contribution in [2.45, 2.75) is 69.6 Å². The van der Waals surface area contributed by atoms with Crippen LogP contribution in [0.25, 0.3) is 32.9 Å². The van der Waals surface area contributed by atoms with Gasteiger partial charge in [-0.3, -0.25) is 4.90 Å². The average molecular weight is 620 g/mol. The second-order valence-corrected chi connectivity index (χ2v) is 12.9. The van der Waals surface area contributed by atoms with Crippen molar-refractivity contribution >= 4 is 27.5 Å². The zero-order valence-corrected chi connectivity index (χ0v) is 25.3. The van der Waals surface area contributed by atoms with Gasteiger partial charge in [0.05, 0.1) is 29.3 Å². The maximum absolute atomic E-state index is 17.0. The van der Waals surface area contributed by atoms with Crippen LogP contribution in [0.5, 0.6) is 11.8 Å². The van der Waals surface area contributed by atoms with Gasteiger partial charge in [0.1, 0.15) is 41.4 Å². The number of aryl methyl sites for hydroxylation is 2. The van der Waals surface area contributed by atoms with Gasteiger partial charge in [-0.25, -0.2) is 18.2 Å². The normalized spacial score (nSPS) is 24.9. The lowest BCUT2D eigenvalue weighted by atomic mass is 9.94. The summed E-state index contributed by atoms with van der Waals surface area (Å²) in [6.07, 6.45) is 3.70. The molecular formula is C34H36F3N5O3. The Balaban J connectivity index is 1.33. The van der Waals surface area contributed by atoms with Crippen LogP contribution in [0.15, 0.2) is 24.3 Å². The molecule has 3 fully saturated rings. The highest BCUT2D eigenvalue weighted by Gasteiger charge is 2.49. The van der Waals surface area contributed by atoms with E-state index >= 15 is 8.78 Å². The number of aromatic nitrogens is 3. The predicted molar refractivity (Wildman–Crippen MR) is 165 cm³/mol. The van der Waals surface area contributed by atoms with E-state index in [1.165, 1.54) is 12.1 Å². The first-order valence-electron chi connectivity index (χ1n) is 16.1. The van der Waals surface area contributed by atoms with Gasteiger partial charge >= 0.3 is 6.01 Å². The number of rotatable bonds is 5. The second-order valence-electron chi connectivity index (χ2n) is 12.9. The van der Waals surface area contributed by atoms with Gasteiger partial charge in [-0.05, 0) is 79.6 Å². The van der Waals surface area contributed by atoms with E-state index < -0.39 is 23.3 Å². The van der Waals surface area contributed by atoms with Crippen molar-refractivity contribution < 1.29 is 27.8 Å². The molecule has 0 saturated carbocycles. The molecule has 2 aromatic carbocycles. The van der Waals surface area contributed by atoms with Crippen molar-refractivity contribution in [2.24, 2.45) is 0 Å². The largest absolute Gasteiger partial charge is 0.508 e. The smallest absolute Gasteiger partial charge is 0.319 e. The molecule has 0 spiro atoms. The number of phenolic OH excluding ortho intramolecular Hbond substituents is 1. The molecule has 11 heteroatoms. The SMILES string of the molecule is CCc1c(F)ccc2cc(O)cc(-c3nc4c5c(nc(OCC67CCCN6C[C@H](F)C7)nc5c3F)N3CCCOC[C@H]3CC4)c12. The van der Waals surface area contributed by atoms with Gasteiger partial charge in [0, 0.05) is 31.7 Å². The molecule has 3 atom stereocenters. The van der Waals surface area contributed by atoms with Gasteiger partial charge in [0.25, 0.3) is 0 Å². The van der Waals surface area contributed by atoms with Gasteiger partial charge in [0.15, 0.2) is 5.82 Å². The number of halogens is 3. The van der Waals surface area contributed by atoms with Crippen LogP contribution in [-0.2, 0) is 17.6 Å². The van der Waals surface area contributed by atoms with Crippen LogP contribution < -0.4 is 9.64 Å². The third-order valence-corrected chi connectivity index (χ3v) is 10.2. The summed E-state index contributed by atoms with van der Waals surface area (Å²) >= 11 is 0. The van der Waals surface area contributed by atoms with E-state index in [0.717, 1.165) is 25.8 Å². The number of phenols is 1. The first-order chi connectivity index (χ1) is 21.8. The Hall–Kier alpha value is -3.70. The topological polar surface area (TPSA) is 83.8 Å². The zero-order chi connectivity index (χ0) is 30.9. The lowest BCUT2D eigenvalue weighted by Gasteiger charge is -2.31. The monoisotopic (exact) mass is 619 g/mol. The maximum Gasteiger partial charge on any atom is 0.319 e. The van der Waals surface area contributed by atoms with Crippen LogP contribution in [0, 0.1) is 11.6 Å². The standard InChI is InChI=1S/C34H36F3N5O3/c1-2-23-25(36)7-5-19-13-22(43)14-24(27(19)23)30-29(37)31-28-26(38-30)8-6-21-17-44-12-4-11-42(21)32(28)40-33(39-31)45-18-34-9-3-10-41(34)16-20(35)15-34/h5,7,13-14,20-21,43H,2-4,6,8-12,15-18H2,1H3/t20-,21-,34?/m1/s1. The van der Waals surface area contributed by atoms with E-state index in [4.69, 9.17) is 19.4 Å². The zero-order valence-electron chi connectivity index (χ0n) is 25.3. The summed E-state index contributed by atoms with van der Waals surface area (Å²) in [4.78, 5) is 18.8. The Morgan fingerprint density at radius 3 is 2.87 bits per heavy atom. The highest BCUT2D eigenvalue weighted by Crippen LogP contribution is 2.43. The molecule has 0 aliphatic carbocycles. The van der Waals surface area contributed by atoms with Gasteiger partial charge in [0.2, 0.25) is 0 Å². The lowest BCUT2D eigenvalue weighted by molar-refractivity contribution is 0.107. The minimum absolute atomic E-state index is 0.000676. The molecule has 0 radical (unpaired) electrons. The van der Waals surface area contributed by atoms with Crippen molar-refractivity contribution in [3.63, 3.8) is 0 Å². The Kier molecular flexibility index (Phi) is 7.01. The summed E-state index contributed by atoms with van der Waals surface area (Å²) < 4.78 is 58.8. The summed E-state index contributed by atoms with van der Waals surface area (Å²) in [7, 11) is 0. The molecule has 1 N–H and O–H groups in total. The molecule has 3 saturated heterocycles. The fourth-order valence-corrected chi connectivity index (χ4v) is 8.17. The maximum atomic E-state index is 17.0. The molecule has 2 aromatic heterocycles. The molecule has 4 aliphatic rings. The Morgan fingerprint density at radius 2 is 2.00 bits per heavy atom. The molecule has 4 aromatic rings. The second kappa shape index (κ2) is 11.0. The number of benzene rings is 2. The molecule has 1 unspecified atom stereocenters. The molecule has 0 bridgehead atoms. The Morgan fingerprint density at radius 1 is 1.11 bits per heavy atom. The van der Waals surface area contributed by atoms with Gasteiger partial charge in [-0.1, -0.05) is 13.0 Å². The van der Waals surface area contributed by atoms with E-state index in [-0.39, 0.29) is 35.6 Å². The summed E-state index contributed by atoms with van der Waals surface area (Å²) in [6, 6.07) is 6.00. The summed E-state index contributed by atoms with van der Waals surface area (Å²) in [5.41, 5.74) is 1.03. The third kappa shape index (κ3) is 4.69. The van der Waals surface area contributed by atoms with E-state index in [1.54, 1.807) is 12.1 Å². The fraction of sp³-hybridized carbons (Fsp3) is 0.500. The summed E-state index contributed by atoms with van der Waals surface area (Å²) in [6.45, 7) is 5.10. The van der Waals surface area contributed by atoms with E-state index in [0.29, 0.717) is 90.8 Å². The average Bonchev–Trinajstić information content (AvgIpc) is 3.38. The first-order valence-corrected chi connectivity index (χ1v) is 16.1. The molecule has 4 aliphatic heterocycles. The van der Waals surface area contributed by atoms with Crippen molar-refractivity contribution in [3.05, 3.63) is 47.2 Å². The van der Waals surface area contributed by atoms with Crippen molar-refractivity contribution in [2.75, 3.05) is 44.4 Å². The molecule has 0 amide bonds. The molecule has 236 valence electrons. The summed E-state index contributed by atoms with van der Waals surface area (Å²) in [5.74, 6) is -0.588. The van der Waals surface area contributed by atoms with Crippen LogP contribution in [-0.4, -0.2) is 82.2 Å². The Labute approximate surface area is 259 Å². The number of anilines is 1. The van der Waals surface area contributed by atoms with Crippen LogP contribution in [0.2, 0.25) is 0 Å². The first kappa shape index (κ1) is 28.8. The van der Waals surface area contributed by atoms with Crippen LogP contribution in [0.4, 0.5) is 19.0 Å². The number of aromatic hydroxyl groups is 1. The highest BCUT2D eigenvalue weighted by molar-refractivity contribution is 6.02. The minimum atomic E-state index is -0.905. The van der Waals surface area contributed by atoms with Crippen LogP contribution >= 0.6 is 0 Å². The quantitative estimate of drug-likeness (QED) is 0.296. The number of fused-ring (bicyclic) bond motifs is 4. The lowest BCUT2D eigenvalue weighted by Crippen LogP contribution is -2.43. The number of hydrogen-bond donors (Lipinski definition) is 1. The van der Waals surface area contributed by atoms with Crippen molar-refractivity contribution in [3.8, 4) is 23.0 Å². The van der Waals surface area contributed by atoms with E-state index in [9.17, 15) is 9.50 Å². The number of ether oxygens (including phenoxy) is 2. The number of alkyl halides is 1. The Bertz CT molecular complexity index is 1820. The predicted octanol–water partition coefficient (Wildman–Crippen LogP) is 5.89. The summed E-state index contributed by atoms with van der Waals surface area (Å²) in [5, 5.41) is 12.3. The molecular weight excluding hydrogens is 583 g/mol. The van der Waals surface area contributed by atoms with E-state index in [2.05, 4.69) is 14.8 Å². The van der Waals surface area contributed by atoms with Crippen molar-refractivity contribution in [1.82, 2.24) is 19.9 Å². The van der Waals surface area contributed by atoms with E-state index in [1.807, 2.05) is 6.92 Å². The number of pyridine rings is 1. The number of nitrogens with zero attached hydrogens (tertiary/aromatic N) is 5. The molecule has 6 heterocycles. The van der Waals surface area contributed by atoms with Crippen LogP contribution in [0.1, 0.15) is 50.3 Å². The highest BCUT2D eigenvalue weighted by atomic mass is 19.1.